The summed E-state index contributed by atoms with van der Waals surface area (Å²) < 4.78 is 53.1. The van der Waals surface area contributed by atoms with E-state index in [0.29, 0.717) is 0 Å². The monoisotopic (exact) mass is 443 g/mol. The van der Waals surface area contributed by atoms with E-state index in [4.69, 9.17) is 11.6 Å². The van der Waals surface area contributed by atoms with E-state index < -0.39 is 40.9 Å². The Labute approximate surface area is 172 Å². The van der Waals surface area contributed by atoms with Gasteiger partial charge in [0.1, 0.15) is 11.4 Å². The average Bonchev–Trinajstić information content (AvgIpc) is 2.93. The van der Waals surface area contributed by atoms with Crippen molar-refractivity contribution in [3.63, 3.8) is 0 Å². The molecule has 3 N–H and O–H groups in total. The molecule has 1 aliphatic heterocycles. The Kier molecular flexibility index (Phi) is 5.46. The zero-order valence-corrected chi connectivity index (χ0v) is 16.0. The number of carbonyl (C=O) groups excluding carboxylic acids is 3. The Morgan fingerprint density at radius 1 is 1.13 bits per heavy atom. The SMILES string of the molecule is C[C@]1(CNC(=O)c2ccc(Cl)c(F)c2-c2ccc(C(F)(F)F)cc2)NC(=O)NC1=O. The maximum Gasteiger partial charge on any atom is 0.416 e. The van der Waals surface area contributed by atoms with Gasteiger partial charge in [0.05, 0.1) is 16.1 Å². The van der Waals surface area contributed by atoms with E-state index in [2.05, 4.69) is 10.6 Å². The number of benzene rings is 2. The molecule has 30 heavy (non-hydrogen) atoms. The van der Waals surface area contributed by atoms with E-state index in [1.165, 1.54) is 13.0 Å². The minimum atomic E-state index is -4.58. The molecule has 2 aromatic carbocycles. The van der Waals surface area contributed by atoms with Gasteiger partial charge in [-0.1, -0.05) is 23.7 Å². The van der Waals surface area contributed by atoms with Crippen molar-refractivity contribution in [2.45, 2.75) is 18.6 Å². The van der Waals surface area contributed by atoms with Crippen LogP contribution in [0.15, 0.2) is 36.4 Å². The van der Waals surface area contributed by atoms with Crippen LogP contribution in [0, 0.1) is 5.82 Å². The molecule has 11 heteroatoms. The maximum absolute atomic E-state index is 14.7. The highest BCUT2D eigenvalue weighted by atomic mass is 35.5. The van der Waals surface area contributed by atoms with Crippen LogP contribution in [-0.2, 0) is 11.0 Å². The number of halogens is 5. The first-order valence-electron chi connectivity index (χ1n) is 8.50. The lowest BCUT2D eigenvalue weighted by molar-refractivity contribution is -0.137. The van der Waals surface area contributed by atoms with Crippen molar-refractivity contribution in [3.05, 3.63) is 58.4 Å². The normalized spacial score (nSPS) is 18.7. The molecule has 158 valence electrons. The number of rotatable bonds is 4. The molecule has 0 unspecified atom stereocenters. The van der Waals surface area contributed by atoms with Crippen LogP contribution < -0.4 is 16.0 Å². The standard InChI is InChI=1S/C19H14ClF4N3O3/c1-18(16(29)26-17(30)27-18)8-25-15(28)11-6-7-12(20)14(21)13(11)9-2-4-10(5-3-9)19(22,23)24/h2-7H,8H2,1H3,(H,25,28)(H2,26,27,29,30)/t18-/m1/s1. The highest BCUT2D eigenvalue weighted by molar-refractivity contribution is 6.31. The van der Waals surface area contributed by atoms with Gasteiger partial charge in [0.2, 0.25) is 0 Å². The fourth-order valence-electron chi connectivity index (χ4n) is 2.90. The minimum Gasteiger partial charge on any atom is -0.349 e. The fraction of sp³-hybridized carbons (Fsp3) is 0.211. The highest BCUT2D eigenvalue weighted by Crippen LogP contribution is 2.34. The summed E-state index contributed by atoms with van der Waals surface area (Å²) in [6.07, 6.45) is -4.58. The summed E-state index contributed by atoms with van der Waals surface area (Å²) >= 11 is 5.80. The predicted octanol–water partition coefficient (Wildman–Crippen LogP) is 3.49. The van der Waals surface area contributed by atoms with Crippen LogP contribution in [0.5, 0.6) is 0 Å². The summed E-state index contributed by atoms with van der Waals surface area (Å²) in [5, 5.41) is 6.49. The Morgan fingerprint density at radius 3 is 2.30 bits per heavy atom. The van der Waals surface area contributed by atoms with Gasteiger partial charge < -0.3 is 10.6 Å². The fourth-order valence-corrected chi connectivity index (χ4v) is 3.06. The van der Waals surface area contributed by atoms with E-state index in [1.807, 2.05) is 5.32 Å². The van der Waals surface area contributed by atoms with Gasteiger partial charge in [0.25, 0.3) is 11.8 Å². The Hall–Kier alpha value is -3.14. The molecule has 2 aromatic rings. The third kappa shape index (κ3) is 4.09. The lowest BCUT2D eigenvalue weighted by Gasteiger charge is -2.21. The van der Waals surface area contributed by atoms with Gasteiger partial charge in [-0.05, 0) is 36.8 Å². The largest absolute Gasteiger partial charge is 0.416 e. The summed E-state index contributed by atoms with van der Waals surface area (Å²) in [5.74, 6) is -2.45. The third-order valence-electron chi connectivity index (χ3n) is 4.56. The molecule has 0 bridgehead atoms. The quantitative estimate of drug-likeness (QED) is 0.499. The Balaban J connectivity index is 1.92. The van der Waals surface area contributed by atoms with Gasteiger partial charge in [-0.2, -0.15) is 13.2 Å². The van der Waals surface area contributed by atoms with Gasteiger partial charge in [-0.15, -0.1) is 0 Å². The number of carbonyl (C=O) groups is 3. The van der Waals surface area contributed by atoms with E-state index in [9.17, 15) is 31.9 Å². The third-order valence-corrected chi connectivity index (χ3v) is 4.85. The maximum atomic E-state index is 14.7. The number of alkyl halides is 3. The molecule has 1 aliphatic rings. The molecule has 1 atom stereocenters. The van der Waals surface area contributed by atoms with Crippen molar-refractivity contribution >= 4 is 29.4 Å². The van der Waals surface area contributed by atoms with E-state index in [1.54, 1.807) is 0 Å². The number of nitrogens with one attached hydrogen (secondary N) is 3. The molecule has 0 saturated carbocycles. The number of hydrogen-bond acceptors (Lipinski definition) is 3. The van der Waals surface area contributed by atoms with E-state index in [-0.39, 0.29) is 28.3 Å². The molecule has 0 aliphatic carbocycles. The zero-order valence-electron chi connectivity index (χ0n) is 15.3. The predicted molar refractivity (Wildman–Crippen MR) is 99.3 cm³/mol. The molecule has 1 saturated heterocycles. The van der Waals surface area contributed by atoms with Crippen LogP contribution in [-0.4, -0.2) is 29.9 Å². The second kappa shape index (κ2) is 7.60. The Bertz CT molecular complexity index is 1040. The average molecular weight is 444 g/mol. The van der Waals surface area contributed by atoms with Crippen LogP contribution in [0.25, 0.3) is 11.1 Å². The number of imide groups is 1. The van der Waals surface area contributed by atoms with Gasteiger partial charge in [0, 0.05) is 12.1 Å². The topological polar surface area (TPSA) is 87.3 Å². The minimum absolute atomic E-state index is 0.00581. The van der Waals surface area contributed by atoms with Crippen molar-refractivity contribution in [2.75, 3.05) is 6.54 Å². The summed E-state index contributed by atoms with van der Waals surface area (Å²) in [6, 6.07) is 5.20. The summed E-state index contributed by atoms with van der Waals surface area (Å²) in [7, 11) is 0. The molecule has 3 rings (SSSR count). The van der Waals surface area contributed by atoms with Gasteiger partial charge in [0.15, 0.2) is 0 Å². The summed E-state index contributed by atoms with van der Waals surface area (Å²) in [4.78, 5) is 35.8. The van der Waals surface area contributed by atoms with Crippen LogP contribution in [0.2, 0.25) is 5.02 Å². The van der Waals surface area contributed by atoms with Crippen molar-refractivity contribution in [1.29, 1.82) is 0 Å². The Morgan fingerprint density at radius 2 is 1.77 bits per heavy atom. The molecule has 4 amide bonds. The smallest absolute Gasteiger partial charge is 0.349 e. The van der Waals surface area contributed by atoms with Gasteiger partial charge in [-0.25, -0.2) is 9.18 Å². The molecule has 1 heterocycles. The van der Waals surface area contributed by atoms with E-state index in [0.717, 1.165) is 30.3 Å². The van der Waals surface area contributed by atoms with Gasteiger partial charge >= 0.3 is 12.2 Å². The number of urea groups is 1. The first-order valence-corrected chi connectivity index (χ1v) is 8.87. The molecule has 0 aromatic heterocycles. The van der Waals surface area contributed by atoms with Crippen LogP contribution in [0.4, 0.5) is 22.4 Å². The van der Waals surface area contributed by atoms with E-state index >= 15 is 0 Å². The zero-order chi connectivity index (χ0) is 22.3. The van der Waals surface area contributed by atoms with Crippen molar-refractivity contribution in [1.82, 2.24) is 16.0 Å². The van der Waals surface area contributed by atoms with Crippen LogP contribution in [0.3, 0.4) is 0 Å². The molecule has 0 spiro atoms. The molecular formula is C19H14ClF4N3O3. The number of amides is 4. The van der Waals surface area contributed by atoms with Gasteiger partial charge in [-0.3, -0.25) is 14.9 Å². The second-order valence-corrected chi connectivity index (χ2v) is 7.19. The molecule has 1 fully saturated rings. The molecule has 0 radical (unpaired) electrons. The number of hydrogen-bond donors (Lipinski definition) is 3. The van der Waals surface area contributed by atoms with Crippen molar-refractivity contribution in [2.24, 2.45) is 0 Å². The lowest BCUT2D eigenvalue weighted by atomic mass is 9.96. The van der Waals surface area contributed by atoms with Crippen LogP contribution >= 0.6 is 11.6 Å². The van der Waals surface area contributed by atoms with Crippen LogP contribution in [0.1, 0.15) is 22.8 Å². The second-order valence-electron chi connectivity index (χ2n) is 6.78. The lowest BCUT2D eigenvalue weighted by Crippen LogP contribution is -2.52. The molecule has 6 nitrogen and oxygen atoms in total. The first-order chi connectivity index (χ1) is 13.9. The molecular weight excluding hydrogens is 430 g/mol. The van der Waals surface area contributed by atoms with Crippen molar-refractivity contribution in [3.8, 4) is 11.1 Å². The first kappa shape index (κ1) is 21.6. The summed E-state index contributed by atoms with van der Waals surface area (Å²) in [5.41, 5.74) is -2.84. The van der Waals surface area contributed by atoms with Crippen molar-refractivity contribution < 1.29 is 31.9 Å². The highest BCUT2D eigenvalue weighted by Gasteiger charge is 2.42. The summed E-state index contributed by atoms with van der Waals surface area (Å²) in [6.45, 7) is 1.08.